The fourth-order valence-electron chi connectivity index (χ4n) is 13.9. The highest BCUT2D eigenvalue weighted by Gasteiger charge is 2.72. The molecule has 0 amide bonds. The molecule has 7 heteroatoms. The largest absolute Gasteiger partial charge is 0.504 e. The first kappa shape index (κ1) is 30.6. The van der Waals surface area contributed by atoms with Crippen LogP contribution < -0.4 is 4.74 Å². The number of benzene rings is 1. The molecule has 2 aliphatic heterocycles. The minimum Gasteiger partial charge on any atom is -0.504 e. The Labute approximate surface area is 285 Å². The average molecular weight is 654 g/mol. The molecular weight excluding hydrogens is 598 g/mol. The van der Waals surface area contributed by atoms with Crippen LogP contribution in [-0.4, -0.2) is 68.6 Å². The van der Waals surface area contributed by atoms with Gasteiger partial charge in [-0.1, -0.05) is 31.6 Å². The number of hydrogen-bond acceptors (Lipinski definition) is 7. The van der Waals surface area contributed by atoms with Crippen LogP contribution in [0.25, 0.3) is 0 Å². The molecule has 9 aliphatic rings. The molecule has 5 saturated carbocycles. The van der Waals surface area contributed by atoms with E-state index < -0.39 is 11.0 Å². The first-order chi connectivity index (χ1) is 23.1. The van der Waals surface area contributed by atoms with Crippen LogP contribution in [0, 0.1) is 40.4 Å². The van der Waals surface area contributed by atoms with Gasteiger partial charge in [0, 0.05) is 29.8 Å². The molecule has 2 bridgehead atoms. The van der Waals surface area contributed by atoms with E-state index in [2.05, 4.69) is 37.8 Å². The second-order valence-electron chi connectivity index (χ2n) is 18.4. The van der Waals surface area contributed by atoms with Crippen molar-refractivity contribution in [1.29, 1.82) is 0 Å². The number of ether oxygens (including phenoxy) is 1. The van der Waals surface area contributed by atoms with Gasteiger partial charge in [0.2, 0.25) is 0 Å². The molecule has 3 N–H and O–H groups in total. The Hall–Kier alpha value is -2.22. The molecule has 258 valence electrons. The van der Waals surface area contributed by atoms with Gasteiger partial charge in [-0.2, -0.15) is 10.2 Å². The number of aliphatic hydroxyl groups excluding tert-OH is 1. The predicted octanol–water partition coefficient (Wildman–Crippen LogP) is 6.71. The number of likely N-dealkylation sites (tertiary alicyclic amines) is 1. The Balaban J connectivity index is 0.951. The summed E-state index contributed by atoms with van der Waals surface area (Å²) in [5.41, 5.74) is 4.94. The van der Waals surface area contributed by atoms with E-state index in [1.165, 1.54) is 50.5 Å². The number of fused-ring (bicyclic) bond motifs is 5. The van der Waals surface area contributed by atoms with Gasteiger partial charge in [0.15, 0.2) is 17.6 Å². The lowest BCUT2D eigenvalue weighted by atomic mass is 9.47. The van der Waals surface area contributed by atoms with Crippen molar-refractivity contribution in [3.05, 3.63) is 34.9 Å². The number of rotatable bonds is 4. The number of hydrogen-bond donors (Lipinski definition) is 3. The van der Waals surface area contributed by atoms with E-state index in [-0.39, 0.29) is 34.8 Å². The molecule has 7 nitrogen and oxygen atoms in total. The quantitative estimate of drug-likeness (QED) is 0.191. The summed E-state index contributed by atoms with van der Waals surface area (Å²) in [4.78, 5) is 2.59. The molecule has 1 spiro atoms. The molecule has 10 rings (SSSR count). The van der Waals surface area contributed by atoms with Crippen LogP contribution >= 0.6 is 0 Å². The fraction of sp³-hybridized carbons (Fsp3) is 0.756. The lowest BCUT2D eigenvalue weighted by Gasteiger charge is -2.63. The van der Waals surface area contributed by atoms with Crippen molar-refractivity contribution < 1.29 is 20.1 Å². The zero-order valence-electron chi connectivity index (χ0n) is 29.3. The Morgan fingerprint density at radius 3 is 2.69 bits per heavy atom. The number of allylic oxidation sites excluding steroid dienone is 1. The molecule has 7 aliphatic carbocycles. The summed E-state index contributed by atoms with van der Waals surface area (Å²) in [6.07, 6.45) is 16.7. The molecule has 1 aromatic carbocycles. The van der Waals surface area contributed by atoms with Gasteiger partial charge in [-0.25, -0.2) is 0 Å². The summed E-state index contributed by atoms with van der Waals surface area (Å²) < 4.78 is 6.75. The number of phenolic OH excluding ortho intramolecular Hbond substituents is 1. The van der Waals surface area contributed by atoms with Crippen LogP contribution in [0.2, 0.25) is 0 Å². The van der Waals surface area contributed by atoms with E-state index in [1.807, 2.05) is 0 Å². The molecule has 1 aromatic rings. The number of phenols is 1. The van der Waals surface area contributed by atoms with Crippen molar-refractivity contribution in [2.24, 2.45) is 50.6 Å². The van der Waals surface area contributed by atoms with E-state index in [0.29, 0.717) is 30.4 Å². The molecule has 6 fully saturated rings. The molecule has 0 unspecified atom stereocenters. The van der Waals surface area contributed by atoms with E-state index in [4.69, 9.17) is 14.9 Å². The third-order valence-corrected chi connectivity index (χ3v) is 16.5. The number of nitrogens with zero attached hydrogens (tertiary/aromatic N) is 3. The van der Waals surface area contributed by atoms with E-state index in [1.54, 1.807) is 11.6 Å². The van der Waals surface area contributed by atoms with Gasteiger partial charge < -0.3 is 20.1 Å². The van der Waals surface area contributed by atoms with Crippen LogP contribution in [-0.2, 0) is 11.8 Å². The predicted molar refractivity (Wildman–Crippen MR) is 187 cm³/mol. The van der Waals surface area contributed by atoms with Crippen molar-refractivity contribution in [1.82, 2.24) is 4.90 Å². The Bertz CT molecular complexity index is 1650. The van der Waals surface area contributed by atoms with Gasteiger partial charge in [-0.05, 0) is 149 Å². The Morgan fingerprint density at radius 2 is 1.85 bits per heavy atom. The molecule has 11 atom stereocenters. The molecular formula is C41H55N3O4. The molecule has 0 radical (unpaired) electrons. The topological polar surface area (TPSA) is 97.9 Å². The number of piperidine rings is 1. The molecule has 48 heavy (non-hydrogen) atoms. The van der Waals surface area contributed by atoms with Crippen molar-refractivity contribution in [2.45, 2.75) is 140 Å². The molecule has 0 aromatic heterocycles. The summed E-state index contributed by atoms with van der Waals surface area (Å²) in [7, 11) is 0. The summed E-state index contributed by atoms with van der Waals surface area (Å²) in [5, 5.41) is 44.5. The number of aliphatic hydroxyl groups is 2. The monoisotopic (exact) mass is 653 g/mol. The molecule has 1 saturated heterocycles. The maximum Gasteiger partial charge on any atom is 0.166 e. The molecule has 2 heterocycles. The Morgan fingerprint density at radius 1 is 1.00 bits per heavy atom. The third-order valence-electron chi connectivity index (χ3n) is 16.5. The van der Waals surface area contributed by atoms with Crippen LogP contribution in [0.15, 0.2) is 34.0 Å². The summed E-state index contributed by atoms with van der Waals surface area (Å²) in [6.45, 7) is 9.33. The number of aromatic hydroxyl groups is 1. The van der Waals surface area contributed by atoms with Crippen LogP contribution in [0.5, 0.6) is 11.5 Å². The Kier molecular flexibility index (Phi) is 6.49. The van der Waals surface area contributed by atoms with Gasteiger partial charge in [-0.3, -0.25) is 4.90 Å². The van der Waals surface area contributed by atoms with Gasteiger partial charge >= 0.3 is 0 Å². The summed E-state index contributed by atoms with van der Waals surface area (Å²) in [5.74, 6) is 4.13. The normalized spacial score (nSPS) is 48.3. The standard InChI is InChI=1S/C41H55N3O4/c1-23(29-9-10-30-28-8-7-26-21-27(45)12-15-38(26,2)31(28)13-16-39(29,30)3)42-43-32-14-17-41(47)34-20-25-6-11-33(46)36-35(25)40(41,37(32)48-36)18-19-44(34)22-24-4-5-24/h6-7,11,24,27-31,34,37,45-47H,4-5,8-10,12-22H2,1-3H3/b42-23+,43-32+/t27-,28-,29+,30-,31-,34+,37-,38-,39+,40-,41+/m0/s1. The van der Waals surface area contributed by atoms with Crippen molar-refractivity contribution in [3.8, 4) is 11.5 Å². The highest BCUT2D eigenvalue weighted by Crippen LogP contribution is 2.67. The van der Waals surface area contributed by atoms with E-state index in [9.17, 15) is 15.3 Å². The van der Waals surface area contributed by atoms with Crippen LogP contribution in [0.4, 0.5) is 0 Å². The summed E-state index contributed by atoms with van der Waals surface area (Å²) >= 11 is 0. The minimum atomic E-state index is -0.902. The SMILES string of the molecule is C/C(=N\N=C1/CC[C@@]2(O)[C@H]3Cc4ccc(O)c5c4[C@@]2(CCN3CC2CC2)[C@H]1O5)[C@H]1CC[C@H]2[C@@H]3CC=C4C[C@@H](O)CC[C@]4(C)[C@H]3CC[C@]12C. The highest BCUT2D eigenvalue weighted by molar-refractivity contribution is 5.95. The average Bonchev–Trinajstić information content (AvgIpc) is 3.70. The van der Waals surface area contributed by atoms with Crippen LogP contribution in [0.3, 0.4) is 0 Å². The maximum absolute atomic E-state index is 12.8. The first-order valence-corrected chi connectivity index (χ1v) is 19.5. The smallest absolute Gasteiger partial charge is 0.166 e. The van der Waals surface area contributed by atoms with Crippen molar-refractivity contribution in [2.75, 3.05) is 13.1 Å². The van der Waals surface area contributed by atoms with Gasteiger partial charge in [-0.15, -0.1) is 0 Å². The van der Waals surface area contributed by atoms with Gasteiger partial charge in [0.25, 0.3) is 0 Å². The van der Waals surface area contributed by atoms with Gasteiger partial charge in [0.05, 0.1) is 22.8 Å². The first-order valence-electron chi connectivity index (χ1n) is 19.5. The van der Waals surface area contributed by atoms with E-state index >= 15 is 0 Å². The van der Waals surface area contributed by atoms with Gasteiger partial charge in [0.1, 0.15) is 0 Å². The lowest BCUT2D eigenvalue weighted by Crippen LogP contribution is -2.76. The second-order valence-corrected chi connectivity index (χ2v) is 18.4. The van der Waals surface area contributed by atoms with Crippen molar-refractivity contribution >= 4 is 11.4 Å². The lowest BCUT2D eigenvalue weighted by molar-refractivity contribution is -0.166. The second kappa shape index (κ2) is 10.2. The van der Waals surface area contributed by atoms with Crippen LogP contribution in [0.1, 0.15) is 115 Å². The summed E-state index contributed by atoms with van der Waals surface area (Å²) in [6, 6.07) is 3.94. The fourth-order valence-corrected chi connectivity index (χ4v) is 13.9. The maximum atomic E-state index is 12.8. The van der Waals surface area contributed by atoms with Crippen molar-refractivity contribution in [3.63, 3.8) is 0 Å². The zero-order chi connectivity index (χ0) is 32.8. The third kappa shape index (κ3) is 3.88. The van der Waals surface area contributed by atoms with E-state index in [0.717, 1.165) is 79.9 Å². The minimum absolute atomic E-state index is 0.0740. The highest BCUT2D eigenvalue weighted by atomic mass is 16.5. The zero-order valence-corrected chi connectivity index (χ0v) is 29.3.